The minimum absolute atomic E-state index is 0.765. The number of benzene rings is 1. The predicted molar refractivity (Wildman–Crippen MR) is 77.0 cm³/mol. The highest BCUT2D eigenvalue weighted by Crippen LogP contribution is 2.20. The standard InChI is InChI=1S/C12H13BrClNS/c1-2-6-16-7-5-15-9-10-8-11(14)3-4-12(10)13/h1,3-4,8,15H,5-7,9H2. The van der Waals surface area contributed by atoms with E-state index in [1.807, 2.05) is 18.2 Å². The average molecular weight is 319 g/mol. The van der Waals surface area contributed by atoms with Gasteiger partial charge in [0.25, 0.3) is 0 Å². The topological polar surface area (TPSA) is 12.0 Å². The Bertz CT molecular complexity index is 376. The molecule has 0 heterocycles. The highest BCUT2D eigenvalue weighted by Gasteiger charge is 2.00. The van der Waals surface area contributed by atoms with Gasteiger partial charge < -0.3 is 5.32 Å². The van der Waals surface area contributed by atoms with Crippen LogP contribution in [0.25, 0.3) is 0 Å². The lowest BCUT2D eigenvalue weighted by Gasteiger charge is -2.06. The van der Waals surface area contributed by atoms with Crippen LogP contribution in [-0.4, -0.2) is 18.1 Å². The Morgan fingerprint density at radius 3 is 3.06 bits per heavy atom. The Labute approximate surface area is 114 Å². The van der Waals surface area contributed by atoms with Gasteiger partial charge in [0.05, 0.1) is 5.75 Å². The quantitative estimate of drug-likeness (QED) is 0.636. The van der Waals surface area contributed by atoms with Crippen LogP contribution in [0.4, 0.5) is 0 Å². The van der Waals surface area contributed by atoms with Crippen molar-refractivity contribution in [1.29, 1.82) is 0 Å². The van der Waals surface area contributed by atoms with Crippen molar-refractivity contribution in [3.63, 3.8) is 0 Å². The number of thioether (sulfide) groups is 1. The summed E-state index contributed by atoms with van der Waals surface area (Å²) >= 11 is 11.2. The second-order valence-electron chi connectivity index (χ2n) is 3.17. The molecule has 0 saturated heterocycles. The first-order valence-electron chi connectivity index (χ1n) is 4.90. The number of hydrogen-bond donors (Lipinski definition) is 1. The van der Waals surface area contributed by atoms with Crippen molar-refractivity contribution in [1.82, 2.24) is 5.32 Å². The fraction of sp³-hybridized carbons (Fsp3) is 0.333. The summed E-state index contributed by atoms with van der Waals surface area (Å²) in [6, 6.07) is 5.80. The zero-order valence-corrected chi connectivity index (χ0v) is 12.0. The van der Waals surface area contributed by atoms with E-state index in [4.69, 9.17) is 18.0 Å². The summed E-state index contributed by atoms with van der Waals surface area (Å²) in [7, 11) is 0. The zero-order chi connectivity index (χ0) is 11.8. The van der Waals surface area contributed by atoms with Crippen LogP contribution in [0.1, 0.15) is 5.56 Å². The molecule has 1 nitrogen and oxygen atoms in total. The Morgan fingerprint density at radius 2 is 2.31 bits per heavy atom. The van der Waals surface area contributed by atoms with Crippen LogP contribution in [0, 0.1) is 12.3 Å². The first kappa shape index (κ1) is 13.9. The van der Waals surface area contributed by atoms with Crippen molar-refractivity contribution >= 4 is 39.3 Å². The first-order valence-corrected chi connectivity index (χ1v) is 7.22. The maximum Gasteiger partial charge on any atom is 0.0545 e. The third-order valence-electron chi connectivity index (χ3n) is 1.93. The fourth-order valence-corrected chi connectivity index (χ4v) is 2.31. The van der Waals surface area contributed by atoms with Crippen molar-refractivity contribution in [3.8, 4) is 12.3 Å². The number of nitrogens with one attached hydrogen (secondary N) is 1. The summed E-state index contributed by atoms with van der Waals surface area (Å²) in [6.07, 6.45) is 5.16. The molecule has 0 saturated carbocycles. The van der Waals surface area contributed by atoms with Gasteiger partial charge in [-0.25, -0.2) is 0 Å². The second-order valence-corrected chi connectivity index (χ2v) is 5.57. The molecule has 0 aliphatic rings. The van der Waals surface area contributed by atoms with E-state index >= 15 is 0 Å². The van der Waals surface area contributed by atoms with Crippen molar-refractivity contribution in [3.05, 3.63) is 33.3 Å². The van der Waals surface area contributed by atoms with Crippen LogP contribution in [0.5, 0.6) is 0 Å². The molecule has 0 amide bonds. The molecule has 1 aromatic rings. The molecule has 0 fully saturated rings. The molecule has 86 valence electrons. The Hall–Kier alpha value is -0.140. The highest BCUT2D eigenvalue weighted by atomic mass is 79.9. The van der Waals surface area contributed by atoms with Gasteiger partial charge in [-0.3, -0.25) is 0 Å². The number of halogens is 2. The summed E-state index contributed by atoms with van der Waals surface area (Å²) in [5, 5.41) is 4.12. The van der Waals surface area contributed by atoms with E-state index in [0.717, 1.165) is 34.1 Å². The monoisotopic (exact) mass is 317 g/mol. The van der Waals surface area contributed by atoms with E-state index in [9.17, 15) is 0 Å². The van der Waals surface area contributed by atoms with Crippen LogP contribution in [0.3, 0.4) is 0 Å². The van der Waals surface area contributed by atoms with Gasteiger partial charge in [0, 0.05) is 28.3 Å². The normalized spacial score (nSPS) is 10.1. The van der Waals surface area contributed by atoms with E-state index < -0.39 is 0 Å². The lowest BCUT2D eigenvalue weighted by atomic mass is 10.2. The summed E-state index contributed by atoms with van der Waals surface area (Å²) < 4.78 is 1.08. The molecular formula is C12H13BrClNS. The molecule has 0 unspecified atom stereocenters. The molecule has 1 aromatic carbocycles. The van der Waals surface area contributed by atoms with Gasteiger partial charge in [0.2, 0.25) is 0 Å². The lowest BCUT2D eigenvalue weighted by Crippen LogP contribution is -2.16. The zero-order valence-electron chi connectivity index (χ0n) is 8.80. The largest absolute Gasteiger partial charge is 0.312 e. The summed E-state index contributed by atoms with van der Waals surface area (Å²) in [5.74, 6) is 4.41. The maximum absolute atomic E-state index is 5.92. The predicted octanol–water partition coefficient (Wildman–Crippen LogP) is 3.56. The van der Waals surface area contributed by atoms with E-state index in [2.05, 4.69) is 27.2 Å². The molecule has 0 atom stereocenters. The van der Waals surface area contributed by atoms with Gasteiger partial charge in [0.1, 0.15) is 0 Å². The third-order valence-corrected chi connectivity index (χ3v) is 3.80. The van der Waals surface area contributed by atoms with Crippen molar-refractivity contribution < 1.29 is 0 Å². The summed E-state index contributed by atoms with van der Waals surface area (Å²) in [6.45, 7) is 1.77. The van der Waals surface area contributed by atoms with Gasteiger partial charge in [-0.1, -0.05) is 33.5 Å². The van der Waals surface area contributed by atoms with Crippen molar-refractivity contribution in [2.45, 2.75) is 6.54 Å². The second kappa shape index (κ2) is 8.03. The van der Waals surface area contributed by atoms with Gasteiger partial charge >= 0.3 is 0 Å². The lowest BCUT2D eigenvalue weighted by molar-refractivity contribution is 0.730. The Morgan fingerprint density at radius 1 is 1.50 bits per heavy atom. The van der Waals surface area contributed by atoms with Crippen LogP contribution < -0.4 is 5.32 Å². The fourth-order valence-electron chi connectivity index (χ4n) is 1.18. The molecule has 0 radical (unpaired) electrons. The van der Waals surface area contributed by atoms with Gasteiger partial charge in [-0.2, -0.15) is 0 Å². The molecule has 16 heavy (non-hydrogen) atoms. The summed E-state index contributed by atoms with van der Waals surface area (Å²) in [4.78, 5) is 0. The van der Waals surface area contributed by atoms with Crippen molar-refractivity contribution in [2.24, 2.45) is 0 Å². The molecule has 0 spiro atoms. The molecule has 0 aliphatic heterocycles. The number of hydrogen-bond acceptors (Lipinski definition) is 2. The molecule has 0 aromatic heterocycles. The third kappa shape index (κ3) is 5.27. The van der Waals surface area contributed by atoms with E-state index in [1.165, 1.54) is 5.56 Å². The Balaban J connectivity index is 2.27. The van der Waals surface area contributed by atoms with Crippen LogP contribution in [-0.2, 0) is 6.54 Å². The maximum atomic E-state index is 5.92. The van der Waals surface area contributed by atoms with Gasteiger partial charge in [0.15, 0.2) is 0 Å². The molecule has 4 heteroatoms. The van der Waals surface area contributed by atoms with E-state index in [1.54, 1.807) is 11.8 Å². The number of rotatable bonds is 6. The average Bonchev–Trinajstić information content (AvgIpc) is 2.28. The molecular weight excluding hydrogens is 306 g/mol. The van der Waals surface area contributed by atoms with Crippen molar-refractivity contribution in [2.75, 3.05) is 18.1 Å². The number of terminal acetylenes is 1. The molecule has 1 N–H and O–H groups in total. The van der Waals surface area contributed by atoms with Gasteiger partial charge in [-0.05, 0) is 23.8 Å². The van der Waals surface area contributed by atoms with Crippen LogP contribution in [0.2, 0.25) is 5.02 Å². The minimum atomic E-state index is 0.765. The highest BCUT2D eigenvalue weighted by molar-refractivity contribution is 9.10. The first-order chi connectivity index (χ1) is 7.74. The van der Waals surface area contributed by atoms with Gasteiger partial charge in [-0.15, -0.1) is 18.2 Å². The van der Waals surface area contributed by atoms with E-state index in [-0.39, 0.29) is 0 Å². The molecule has 0 bridgehead atoms. The smallest absolute Gasteiger partial charge is 0.0545 e. The minimum Gasteiger partial charge on any atom is -0.312 e. The molecule has 0 aliphatic carbocycles. The SMILES string of the molecule is C#CCSCCNCc1cc(Cl)ccc1Br. The molecule has 1 rings (SSSR count). The van der Waals surface area contributed by atoms with E-state index in [0.29, 0.717) is 0 Å². The Kier molecular flexibility index (Phi) is 6.98. The van der Waals surface area contributed by atoms with Crippen LogP contribution in [0.15, 0.2) is 22.7 Å². The summed E-state index contributed by atoms with van der Waals surface area (Å²) in [5.41, 5.74) is 1.18. The van der Waals surface area contributed by atoms with Crippen LogP contribution >= 0.6 is 39.3 Å².